The van der Waals surface area contributed by atoms with Crippen LogP contribution in [-0.2, 0) is 14.2 Å². The van der Waals surface area contributed by atoms with E-state index in [1.54, 1.807) is 7.11 Å². The molecular formula is C11H22N2O3. The Bertz CT molecular complexity index is 192. The van der Waals surface area contributed by atoms with E-state index in [1.165, 1.54) is 0 Å². The molecule has 0 heterocycles. The molecule has 16 heavy (non-hydrogen) atoms. The zero-order valence-electron chi connectivity index (χ0n) is 10.4. The van der Waals surface area contributed by atoms with Gasteiger partial charge in [-0.25, -0.2) is 0 Å². The van der Waals surface area contributed by atoms with Crippen molar-refractivity contribution in [1.29, 1.82) is 5.26 Å². The zero-order valence-corrected chi connectivity index (χ0v) is 10.4. The van der Waals surface area contributed by atoms with Gasteiger partial charge in [-0.2, -0.15) is 5.26 Å². The van der Waals surface area contributed by atoms with Crippen molar-refractivity contribution in [3.63, 3.8) is 0 Å². The number of nitrogens with one attached hydrogen (secondary N) is 1. The van der Waals surface area contributed by atoms with Gasteiger partial charge in [-0.05, 0) is 13.8 Å². The van der Waals surface area contributed by atoms with Crippen molar-refractivity contribution < 1.29 is 14.2 Å². The Morgan fingerprint density at radius 2 is 1.75 bits per heavy atom. The highest BCUT2D eigenvalue weighted by atomic mass is 16.5. The van der Waals surface area contributed by atoms with Crippen LogP contribution in [0, 0.1) is 11.3 Å². The maximum absolute atomic E-state index is 8.81. The standard InChI is InChI=1S/C11H22N2O3/c1-10(2)13-11(8-12)9-16-7-6-15-5-4-14-3/h10-11,13H,4-7,9H2,1-3H3. The fraction of sp³-hybridized carbons (Fsp3) is 0.909. The van der Waals surface area contributed by atoms with Gasteiger partial charge in [-0.1, -0.05) is 0 Å². The zero-order chi connectivity index (χ0) is 12.2. The summed E-state index contributed by atoms with van der Waals surface area (Å²) >= 11 is 0. The topological polar surface area (TPSA) is 63.5 Å². The number of nitrogens with zero attached hydrogens (tertiary/aromatic N) is 1. The molecule has 0 aromatic carbocycles. The Hall–Kier alpha value is -0.670. The monoisotopic (exact) mass is 230 g/mol. The van der Waals surface area contributed by atoms with E-state index < -0.39 is 0 Å². The van der Waals surface area contributed by atoms with Gasteiger partial charge in [0.05, 0.1) is 39.1 Å². The first-order chi connectivity index (χ1) is 7.70. The van der Waals surface area contributed by atoms with Crippen LogP contribution in [0.5, 0.6) is 0 Å². The van der Waals surface area contributed by atoms with Crippen LogP contribution in [0.3, 0.4) is 0 Å². The molecule has 0 bridgehead atoms. The van der Waals surface area contributed by atoms with Gasteiger partial charge in [0.15, 0.2) is 0 Å². The molecular weight excluding hydrogens is 208 g/mol. The smallest absolute Gasteiger partial charge is 0.119 e. The summed E-state index contributed by atoms with van der Waals surface area (Å²) in [6.07, 6.45) is 0. The van der Waals surface area contributed by atoms with Crippen LogP contribution in [0.4, 0.5) is 0 Å². The summed E-state index contributed by atoms with van der Waals surface area (Å²) in [6, 6.07) is 2.18. The molecule has 0 radical (unpaired) electrons. The first-order valence-electron chi connectivity index (χ1n) is 5.50. The van der Waals surface area contributed by atoms with Crippen LogP contribution in [0.15, 0.2) is 0 Å². The first kappa shape index (κ1) is 15.3. The fourth-order valence-electron chi connectivity index (χ4n) is 1.09. The Labute approximate surface area is 97.7 Å². The first-order valence-corrected chi connectivity index (χ1v) is 5.50. The second kappa shape index (κ2) is 10.8. The van der Waals surface area contributed by atoms with Crippen LogP contribution in [0.1, 0.15) is 13.8 Å². The molecule has 1 atom stereocenters. The molecule has 0 saturated carbocycles. The van der Waals surface area contributed by atoms with Crippen molar-refractivity contribution in [2.24, 2.45) is 0 Å². The van der Waals surface area contributed by atoms with Gasteiger partial charge in [-0.3, -0.25) is 5.32 Å². The third kappa shape index (κ3) is 9.87. The third-order valence-corrected chi connectivity index (χ3v) is 1.78. The van der Waals surface area contributed by atoms with Crippen LogP contribution in [0.2, 0.25) is 0 Å². The molecule has 94 valence electrons. The second-order valence-electron chi connectivity index (χ2n) is 3.68. The van der Waals surface area contributed by atoms with E-state index in [-0.39, 0.29) is 12.1 Å². The van der Waals surface area contributed by atoms with Gasteiger partial charge in [0.2, 0.25) is 0 Å². The molecule has 0 spiro atoms. The van der Waals surface area contributed by atoms with Crippen molar-refractivity contribution in [2.75, 3.05) is 40.1 Å². The summed E-state index contributed by atoms with van der Waals surface area (Å²) < 4.78 is 15.4. The minimum Gasteiger partial charge on any atom is -0.382 e. The molecule has 0 fully saturated rings. The molecule has 5 heteroatoms. The molecule has 0 amide bonds. The summed E-state index contributed by atoms with van der Waals surface area (Å²) in [5.74, 6) is 0. The normalized spacial score (nSPS) is 12.7. The summed E-state index contributed by atoms with van der Waals surface area (Å²) in [6.45, 7) is 6.59. The minimum absolute atomic E-state index is 0.251. The molecule has 0 aromatic heterocycles. The molecule has 0 rings (SSSR count). The van der Waals surface area contributed by atoms with Gasteiger partial charge < -0.3 is 14.2 Å². The average Bonchev–Trinajstić information content (AvgIpc) is 2.25. The molecule has 0 aliphatic heterocycles. The van der Waals surface area contributed by atoms with E-state index in [4.69, 9.17) is 19.5 Å². The Kier molecular flexibility index (Phi) is 10.4. The third-order valence-electron chi connectivity index (χ3n) is 1.78. The quantitative estimate of drug-likeness (QED) is 0.555. The average molecular weight is 230 g/mol. The lowest BCUT2D eigenvalue weighted by Gasteiger charge is -2.14. The SMILES string of the molecule is COCCOCCOCC(C#N)NC(C)C. The number of hydrogen-bond acceptors (Lipinski definition) is 5. The van der Waals surface area contributed by atoms with Gasteiger partial charge in [0.1, 0.15) is 6.04 Å². The predicted octanol–water partition coefficient (Wildman–Crippen LogP) is 0.556. The Balaban J connectivity index is 3.32. The number of nitriles is 1. The van der Waals surface area contributed by atoms with Crippen molar-refractivity contribution >= 4 is 0 Å². The van der Waals surface area contributed by atoms with Crippen molar-refractivity contribution in [2.45, 2.75) is 25.9 Å². The second-order valence-corrected chi connectivity index (χ2v) is 3.68. The summed E-state index contributed by atoms with van der Waals surface area (Å²) in [5.41, 5.74) is 0. The summed E-state index contributed by atoms with van der Waals surface area (Å²) in [5, 5.41) is 11.9. The highest BCUT2D eigenvalue weighted by Gasteiger charge is 2.07. The van der Waals surface area contributed by atoms with E-state index in [0.29, 0.717) is 33.0 Å². The lowest BCUT2D eigenvalue weighted by Crippen LogP contribution is -2.37. The lowest BCUT2D eigenvalue weighted by molar-refractivity contribution is 0.0221. The van der Waals surface area contributed by atoms with Crippen LogP contribution < -0.4 is 5.32 Å². The van der Waals surface area contributed by atoms with Gasteiger partial charge in [0, 0.05) is 13.2 Å². The van der Waals surface area contributed by atoms with Gasteiger partial charge >= 0.3 is 0 Å². The van der Waals surface area contributed by atoms with Gasteiger partial charge in [0.25, 0.3) is 0 Å². The maximum Gasteiger partial charge on any atom is 0.119 e. The van der Waals surface area contributed by atoms with Gasteiger partial charge in [-0.15, -0.1) is 0 Å². The lowest BCUT2D eigenvalue weighted by atomic mass is 10.3. The number of ether oxygens (including phenoxy) is 3. The Morgan fingerprint density at radius 3 is 2.31 bits per heavy atom. The Morgan fingerprint density at radius 1 is 1.12 bits per heavy atom. The van der Waals surface area contributed by atoms with E-state index in [1.807, 2.05) is 13.8 Å². The predicted molar refractivity (Wildman–Crippen MR) is 61.2 cm³/mol. The van der Waals surface area contributed by atoms with Crippen molar-refractivity contribution in [1.82, 2.24) is 5.32 Å². The molecule has 5 nitrogen and oxygen atoms in total. The minimum atomic E-state index is -0.251. The largest absolute Gasteiger partial charge is 0.382 e. The van der Waals surface area contributed by atoms with Crippen LogP contribution in [-0.4, -0.2) is 52.2 Å². The van der Waals surface area contributed by atoms with E-state index >= 15 is 0 Å². The van der Waals surface area contributed by atoms with Crippen molar-refractivity contribution in [3.05, 3.63) is 0 Å². The highest BCUT2D eigenvalue weighted by molar-refractivity contribution is 4.90. The molecule has 0 aromatic rings. The van der Waals surface area contributed by atoms with Crippen LogP contribution in [0.25, 0.3) is 0 Å². The molecule has 1 N–H and O–H groups in total. The fourth-order valence-corrected chi connectivity index (χ4v) is 1.09. The molecule has 1 unspecified atom stereocenters. The number of methoxy groups -OCH3 is 1. The highest BCUT2D eigenvalue weighted by Crippen LogP contribution is 1.88. The molecule has 0 saturated heterocycles. The van der Waals surface area contributed by atoms with E-state index in [0.717, 1.165) is 0 Å². The van der Waals surface area contributed by atoms with Crippen molar-refractivity contribution in [3.8, 4) is 6.07 Å². The summed E-state index contributed by atoms with van der Waals surface area (Å²) in [4.78, 5) is 0. The maximum atomic E-state index is 8.81. The molecule has 0 aliphatic carbocycles. The number of hydrogen-bond donors (Lipinski definition) is 1. The van der Waals surface area contributed by atoms with E-state index in [9.17, 15) is 0 Å². The van der Waals surface area contributed by atoms with Crippen LogP contribution >= 0.6 is 0 Å². The number of rotatable bonds is 10. The summed E-state index contributed by atoms with van der Waals surface area (Å²) in [7, 11) is 1.63. The molecule has 0 aliphatic rings. The van der Waals surface area contributed by atoms with E-state index in [2.05, 4.69) is 11.4 Å².